The Morgan fingerprint density at radius 2 is 1.10 bits per heavy atom. The lowest BCUT2D eigenvalue weighted by Gasteiger charge is -2.19. The molecule has 0 amide bonds. The fourth-order valence-electron chi connectivity index (χ4n) is 1.45. The number of hydrogen-bond acceptors (Lipinski definition) is 2. The maximum atomic E-state index is 9.23. The van der Waals surface area contributed by atoms with Crippen molar-refractivity contribution in [3.05, 3.63) is 0 Å². The molecule has 1 rings (SSSR count). The van der Waals surface area contributed by atoms with Crippen molar-refractivity contribution in [2.75, 3.05) is 0 Å². The topological polar surface area (TPSA) is 40.5 Å². The van der Waals surface area contributed by atoms with Gasteiger partial charge in [-0.1, -0.05) is 25.7 Å². The number of aliphatic hydroxyl groups is 2. The molecule has 0 aromatic carbocycles. The van der Waals surface area contributed by atoms with E-state index >= 15 is 0 Å². The van der Waals surface area contributed by atoms with Crippen LogP contribution >= 0.6 is 0 Å². The Morgan fingerprint density at radius 3 is 1.50 bits per heavy atom. The highest BCUT2D eigenvalue weighted by Crippen LogP contribution is 2.17. The molecule has 0 aromatic heterocycles. The van der Waals surface area contributed by atoms with Gasteiger partial charge >= 0.3 is 0 Å². The minimum Gasteiger partial charge on any atom is -0.390 e. The summed E-state index contributed by atoms with van der Waals surface area (Å²) in [6, 6.07) is 0. The number of hydrogen-bond donors (Lipinski definition) is 2. The van der Waals surface area contributed by atoms with Gasteiger partial charge in [-0.25, -0.2) is 0 Å². The van der Waals surface area contributed by atoms with E-state index in [4.69, 9.17) is 0 Å². The summed E-state index contributed by atoms with van der Waals surface area (Å²) in [7, 11) is 0. The highest BCUT2D eigenvalue weighted by atomic mass is 16.3. The van der Waals surface area contributed by atoms with E-state index < -0.39 is 12.2 Å². The fraction of sp³-hybridized carbons (Fsp3) is 1.00. The molecular weight excluding hydrogens is 128 g/mol. The fourth-order valence-corrected chi connectivity index (χ4v) is 1.45. The summed E-state index contributed by atoms with van der Waals surface area (Å²) in [5.41, 5.74) is 0. The molecule has 1 aliphatic rings. The largest absolute Gasteiger partial charge is 0.390 e. The first kappa shape index (κ1) is 8.02. The molecule has 0 heterocycles. The van der Waals surface area contributed by atoms with E-state index in [0.717, 1.165) is 25.7 Å². The van der Waals surface area contributed by atoms with Gasteiger partial charge < -0.3 is 10.2 Å². The van der Waals surface area contributed by atoms with Crippen molar-refractivity contribution >= 4 is 0 Å². The van der Waals surface area contributed by atoms with Crippen molar-refractivity contribution in [2.45, 2.75) is 50.7 Å². The molecule has 2 N–H and O–H groups in total. The standard InChI is InChI=1S/C8H16O2/c9-7-5-3-1-2-4-6-8(7)10/h7-10H,1-6H2/t7-,8?/m0/s1. The zero-order valence-corrected chi connectivity index (χ0v) is 6.29. The molecule has 0 radical (unpaired) electrons. The first-order valence-electron chi connectivity index (χ1n) is 4.17. The Morgan fingerprint density at radius 1 is 0.700 bits per heavy atom. The van der Waals surface area contributed by atoms with E-state index in [1.807, 2.05) is 0 Å². The normalized spacial score (nSPS) is 36.6. The molecule has 2 nitrogen and oxygen atoms in total. The summed E-state index contributed by atoms with van der Waals surface area (Å²) in [5, 5.41) is 18.5. The highest BCUT2D eigenvalue weighted by Gasteiger charge is 2.16. The number of aliphatic hydroxyl groups excluding tert-OH is 2. The molecule has 60 valence electrons. The van der Waals surface area contributed by atoms with Crippen molar-refractivity contribution in [3.63, 3.8) is 0 Å². The summed E-state index contributed by atoms with van der Waals surface area (Å²) < 4.78 is 0. The molecule has 2 atom stereocenters. The molecule has 1 saturated carbocycles. The zero-order chi connectivity index (χ0) is 7.40. The van der Waals surface area contributed by atoms with Crippen LogP contribution in [0.2, 0.25) is 0 Å². The van der Waals surface area contributed by atoms with Crippen LogP contribution < -0.4 is 0 Å². The first-order valence-corrected chi connectivity index (χ1v) is 4.17. The quantitative estimate of drug-likeness (QED) is 0.533. The maximum absolute atomic E-state index is 9.23. The maximum Gasteiger partial charge on any atom is 0.0799 e. The molecule has 1 unspecified atom stereocenters. The van der Waals surface area contributed by atoms with Gasteiger partial charge in [0.15, 0.2) is 0 Å². The SMILES string of the molecule is OC1CCCCCC[C@@H]1O. The highest BCUT2D eigenvalue weighted by molar-refractivity contribution is 4.69. The molecule has 0 aromatic rings. The first-order chi connectivity index (χ1) is 4.80. The van der Waals surface area contributed by atoms with E-state index in [1.54, 1.807) is 0 Å². The van der Waals surface area contributed by atoms with Crippen LogP contribution in [-0.2, 0) is 0 Å². The Labute approximate surface area is 61.9 Å². The number of rotatable bonds is 0. The monoisotopic (exact) mass is 144 g/mol. The average molecular weight is 144 g/mol. The third-order valence-electron chi connectivity index (χ3n) is 2.19. The molecule has 0 bridgehead atoms. The van der Waals surface area contributed by atoms with Crippen LogP contribution in [0.5, 0.6) is 0 Å². The van der Waals surface area contributed by atoms with Gasteiger partial charge in [-0.15, -0.1) is 0 Å². The third-order valence-corrected chi connectivity index (χ3v) is 2.19. The van der Waals surface area contributed by atoms with E-state index in [9.17, 15) is 10.2 Å². The lowest BCUT2D eigenvalue weighted by molar-refractivity contribution is 0.00303. The van der Waals surface area contributed by atoms with Crippen LogP contribution in [-0.4, -0.2) is 22.4 Å². The lowest BCUT2D eigenvalue weighted by atomic mass is 9.96. The van der Waals surface area contributed by atoms with Crippen LogP contribution in [0.25, 0.3) is 0 Å². The molecule has 1 fully saturated rings. The van der Waals surface area contributed by atoms with Crippen LogP contribution in [0.4, 0.5) is 0 Å². The smallest absolute Gasteiger partial charge is 0.0799 e. The van der Waals surface area contributed by atoms with Gasteiger partial charge in [0.2, 0.25) is 0 Å². The van der Waals surface area contributed by atoms with Gasteiger partial charge in [-0.05, 0) is 12.8 Å². The van der Waals surface area contributed by atoms with Crippen molar-refractivity contribution in [1.29, 1.82) is 0 Å². The summed E-state index contributed by atoms with van der Waals surface area (Å²) >= 11 is 0. The second-order valence-corrected chi connectivity index (χ2v) is 3.13. The minimum absolute atomic E-state index is 0.458. The summed E-state index contributed by atoms with van der Waals surface area (Å²) in [6.45, 7) is 0. The third kappa shape index (κ3) is 2.27. The Kier molecular flexibility index (Phi) is 3.16. The van der Waals surface area contributed by atoms with Crippen molar-refractivity contribution in [2.24, 2.45) is 0 Å². The van der Waals surface area contributed by atoms with E-state index in [2.05, 4.69) is 0 Å². The van der Waals surface area contributed by atoms with Crippen molar-refractivity contribution < 1.29 is 10.2 Å². The summed E-state index contributed by atoms with van der Waals surface area (Å²) in [6.07, 6.45) is 5.20. The zero-order valence-electron chi connectivity index (χ0n) is 6.29. The van der Waals surface area contributed by atoms with E-state index in [0.29, 0.717) is 0 Å². The summed E-state index contributed by atoms with van der Waals surface area (Å²) in [5.74, 6) is 0. The molecule has 0 saturated heterocycles. The van der Waals surface area contributed by atoms with Gasteiger partial charge in [0.05, 0.1) is 12.2 Å². The molecular formula is C8H16O2. The Balaban J connectivity index is 2.28. The van der Waals surface area contributed by atoms with Crippen LogP contribution in [0.3, 0.4) is 0 Å². The molecule has 1 aliphatic carbocycles. The van der Waals surface area contributed by atoms with Gasteiger partial charge in [-0.3, -0.25) is 0 Å². The molecule has 0 spiro atoms. The van der Waals surface area contributed by atoms with Crippen molar-refractivity contribution in [3.8, 4) is 0 Å². The minimum atomic E-state index is -0.458. The molecule has 2 heteroatoms. The van der Waals surface area contributed by atoms with Gasteiger partial charge in [0.1, 0.15) is 0 Å². The van der Waals surface area contributed by atoms with Gasteiger partial charge in [0.25, 0.3) is 0 Å². The summed E-state index contributed by atoms with van der Waals surface area (Å²) in [4.78, 5) is 0. The van der Waals surface area contributed by atoms with E-state index in [-0.39, 0.29) is 0 Å². The molecule has 10 heavy (non-hydrogen) atoms. The second kappa shape index (κ2) is 3.94. The average Bonchev–Trinajstić information content (AvgIpc) is 1.92. The molecule has 0 aliphatic heterocycles. The second-order valence-electron chi connectivity index (χ2n) is 3.13. The lowest BCUT2D eigenvalue weighted by Crippen LogP contribution is -2.26. The van der Waals surface area contributed by atoms with Gasteiger partial charge in [-0.2, -0.15) is 0 Å². The predicted octanol–water partition coefficient (Wildman–Crippen LogP) is 1.06. The predicted molar refractivity (Wildman–Crippen MR) is 39.7 cm³/mol. The van der Waals surface area contributed by atoms with Crippen molar-refractivity contribution in [1.82, 2.24) is 0 Å². The van der Waals surface area contributed by atoms with E-state index in [1.165, 1.54) is 12.8 Å². The van der Waals surface area contributed by atoms with Crippen LogP contribution in [0, 0.1) is 0 Å². The Bertz CT molecular complexity index is 81.3. The van der Waals surface area contributed by atoms with Gasteiger partial charge in [0, 0.05) is 0 Å². The Hall–Kier alpha value is -0.0800. The van der Waals surface area contributed by atoms with Crippen LogP contribution in [0.15, 0.2) is 0 Å². The van der Waals surface area contributed by atoms with Crippen LogP contribution in [0.1, 0.15) is 38.5 Å².